The van der Waals surface area contributed by atoms with Gasteiger partial charge in [-0.1, -0.05) is 12.1 Å². The van der Waals surface area contributed by atoms with Crippen molar-refractivity contribution < 1.29 is 19.8 Å². The molecule has 6 aromatic heterocycles. The lowest BCUT2D eigenvalue weighted by Crippen LogP contribution is -2.04. The fraction of sp³-hybridized carbons (Fsp3) is 0.105. The third-order valence-corrected chi connectivity index (χ3v) is 9.41. The molecule has 0 spiro atoms. The number of aliphatic hydroxyl groups is 2. The zero-order valence-corrected chi connectivity index (χ0v) is 28.2. The van der Waals surface area contributed by atoms with Crippen LogP contribution in [0, 0.1) is 0 Å². The van der Waals surface area contributed by atoms with Crippen LogP contribution < -0.4 is 0 Å². The van der Waals surface area contributed by atoms with E-state index in [2.05, 4.69) is 9.97 Å². The molecule has 0 radical (unpaired) electrons. The van der Waals surface area contributed by atoms with Gasteiger partial charge in [-0.05, 0) is 121 Å². The summed E-state index contributed by atoms with van der Waals surface area (Å²) in [6.45, 7) is 5.70. The van der Waals surface area contributed by atoms with E-state index in [1.165, 1.54) is 27.7 Å². The zero-order chi connectivity index (χ0) is 33.9. The van der Waals surface area contributed by atoms with E-state index >= 15 is 0 Å². The highest BCUT2D eigenvalue weighted by Crippen LogP contribution is 2.35. The molecule has 8 nitrogen and oxygen atoms in total. The summed E-state index contributed by atoms with van der Waals surface area (Å²) in [5.41, 5.74) is 5.77. The van der Waals surface area contributed by atoms with Gasteiger partial charge in [-0.15, -0.1) is 22.7 Å². The van der Waals surface area contributed by atoms with E-state index < -0.39 is 0 Å². The molecule has 6 heterocycles. The summed E-state index contributed by atoms with van der Waals surface area (Å²) in [6.07, 6.45) is 3.41. The third-order valence-electron chi connectivity index (χ3n) is 7.57. The van der Waals surface area contributed by atoms with E-state index in [-0.39, 0.29) is 34.2 Å². The monoisotopic (exact) mass is 670 g/mol. The number of allylic oxidation sites excluding steroid dienone is 4. The molecule has 238 valence electrons. The molecule has 0 aromatic carbocycles. The van der Waals surface area contributed by atoms with Gasteiger partial charge in [-0.2, -0.15) is 0 Å². The highest BCUT2D eigenvalue weighted by Gasteiger charge is 2.21. The minimum atomic E-state index is -0.326. The van der Waals surface area contributed by atoms with Crippen molar-refractivity contribution in [1.82, 2.24) is 19.9 Å². The summed E-state index contributed by atoms with van der Waals surface area (Å²) in [7, 11) is 0. The van der Waals surface area contributed by atoms with Gasteiger partial charge >= 0.3 is 0 Å². The Labute approximate surface area is 285 Å². The Hall–Kier alpha value is -5.58. The minimum absolute atomic E-state index is 0.131. The van der Waals surface area contributed by atoms with Gasteiger partial charge in [0.05, 0.1) is 45.3 Å². The Morgan fingerprint density at radius 2 is 0.917 bits per heavy atom. The Bertz CT molecular complexity index is 2070. The quantitative estimate of drug-likeness (QED) is 0.115. The van der Waals surface area contributed by atoms with E-state index in [1.54, 1.807) is 59.3 Å². The van der Waals surface area contributed by atoms with Crippen LogP contribution in [0.5, 0.6) is 0 Å². The maximum Gasteiger partial charge on any atom is 0.163 e. The summed E-state index contributed by atoms with van der Waals surface area (Å²) in [4.78, 5) is 46.9. The Balaban J connectivity index is 1.61. The molecule has 0 aliphatic heterocycles. The van der Waals surface area contributed by atoms with Gasteiger partial charge in [0.1, 0.15) is 11.5 Å². The molecule has 0 saturated carbocycles. The molecule has 48 heavy (non-hydrogen) atoms. The number of thiophene rings is 2. The lowest BCUT2D eigenvalue weighted by Gasteiger charge is -2.14. The number of ketones is 2. The number of aliphatic hydroxyl groups excluding tert-OH is 2. The number of carbonyl (C=O) groups excluding carboxylic acids is 2. The molecule has 2 N–H and O–H groups in total. The second kappa shape index (κ2) is 13.6. The molecule has 0 atom stereocenters. The number of Topliss-reactive ketones (excluding diaryl/α,β-unsaturated/α-hetero) is 2. The molecule has 0 unspecified atom stereocenters. The smallest absolute Gasteiger partial charge is 0.163 e. The first-order valence-electron chi connectivity index (χ1n) is 15.0. The summed E-state index contributed by atoms with van der Waals surface area (Å²) < 4.78 is 0. The Morgan fingerprint density at radius 1 is 0.542 bits per heavy atom. The summed E-state index contributed by atoms with van der Waals surface area (Å²) in [5.74, 6) is -0.928. The average Bonchev–Trinajstić information content (AvgIpc) is 3.80. The molecule has 0 aliphatic rings. The number of pyridine rings is 4. The van der Waals surface area contributed by atoms with Crippen molar-refractivity contribution in [3.8, 4) is 55.0 Å². The number of rotatable bonds is 9. The molecule has 0 fully saturated rings. The molecule has 0 saturated heterocycles. The zero-order valence-electron chi connectivity index (χ0n) is 26.6. The maximum absolute atomic E-state index is 12.8. The normalized spacial score (nSPS) is 12.3. The van der Waals surface area contributed by atoms with Crippen molar-refractivity contribution in [3.63, 3.8) is 0 Å². The average molecular weight is 671 g/mol. The van der Waals surface area contributed by atoms with Gasteiger partial charge in [-0.25, -0.2) is 9.97 Å². The predicted molar refractivity (Wildman–Crippen MR) is 192 cm³/mol. The highest BCUT2D eigenvalue weighted by molar-refractivity contribution is 7.13. The SMILES string of the molecule is CC(=O)/C(=C(/C)O)c1cc(-c2cc(-c3cccs3)ccn2)nc(-c2cc(/C(C(C)=O)=C(\C)O)cc(-c3cc(-c4cccs4)ccn3)n2)c1. The lowest BCUT2D eigenvalue weighted by atomic mass is 9.96. The first kappa shape index (κ1) is 32.4. The van der Waals surface area contributed by atoms with Crippen molar-refractivity contribution in [2.75, 3.05) is 0 Å². The van der Waals surface area contributed by atoms with Crippen LogP contribution in [0.2, 0.25) is 0 Å². The van der Waals surface area contributed by atoms with Gasteiger partial charge in [0.25, 0.3) is 0 Å². The fourth-order valence-corrected chi connectivity index (χ4v) is 6.99. The van der Waals surface area contributed by atoms with Gasteiger partial charge < -0.3 is 10.2 Å². The molecule has 6 rings (SSSR count). The Kier molecular flexibility index (Phi) is 9.20. The van der Waals surface area contributed by atoms with E-state index in [4.69, 9.17) is 9.97 Å². The number of nitrogens with zero attached hydrogens (tertiary/aromatic N) is 4. The number of carbonyl (C=O) groups is 2. The molecule has 10 heteroatoms. The van der Waals surface area contributed by atoms with Crippen molar-refractivity contribution in [2.24, 2.45) is 0 Å². The number of aromatic nitrogens is 4. The van der Waals surface area contributed by atoms with Crippen LogP contribution in [-0.2, 0) is 9.59 Å². The highest BCUT2D eigenvalue weighted by atomic mass is 32.1. The van der Waals surface area contributed by atoms with Crippen LogP contribution in [0.15, 0.2) is 107 Å². The van der Waals surface area contributed by atoms with Crippen LogP contribution in [0.25, 0.3) is 66.2 Å². The van der Waals surface area contributed by atoms with Crippen LogP contribution >= 0.6 is 22.7 Å². The Morgan fingerprint density at radius 3 is 1.23 bits per heavy atom. The van der Waals surface area contributed by atoms with Gasteiger partial charge in [0.2, 0.25) is 0 Å². The third kappa shape index (κ3) is 6.76. The van der Waals surface area contributed by atoms with E-state index in [1.807, 2.05) is 59.3 Å². The largest absolute Gasteiger partial charge is 0.512 e. The molecule has 0 bridgehead atoms. The number of hydrogen-bond acceptors (Lipinski definition) is 10. The van der Waals surface area contributed by atoms with Crippen molar-refractivity contribution >= 4 is 45.4 Å². The summed E-state index contributed by atoms with van der Waals surface area (Å²) in [5, 5.41) is 25.2. The first-order chi connectivity index (χ1) is 23.1. The lowest BCUT2D eigenvalue weighted by molar-refractivity contribution is -0.112. The second-order valence-corrected chi connectivity index (χ2v) is 13.0. The maximum atomic E-state index is 12.8. The molecule has 0 aliphatic carbocycles. The molecule has 0 amide bonds. The van der Waals surface area contributed by atoms with E-state index in [0.29, 0.717) is 45.3 Å². The van der Waals surface area contributed by atoms with E-state index in [9.17, 15) is 19.8 Å². The van der Waals surface area contributed by atoms with Crippen molar-refractivity contribution in [1.29, 1.82) is 0 Å². The van der Waals surface area contributed by atoms with Gasteiger partial charge in [0, 0.05) is 22.1 Å². The van der Waals surface area contributed by atoms with Gasteiger partial charge in [0.15, 0.2) is 11.6 Å². The van der Waals surface area contributed by atoms with Crippen molar-refractivity contribution in [3.05, 3.63) is 119 Å². The summed E-state index contributed by atoms with van der Waals surface area (Å²) >= 11 is 3.21. The van der Waals surface area contributed by atoms with Crippen molar-refractivity contribution in [2.45, 2.75) is 27.7 Å². The van der Waals surface area contributed by atoms with E-state index in [0.717, 1.165) is 20.9 Å². The second-order valence-electron chi connectivity index (χ2n) is 11.1. The standard InChI is InChI=1S/C38H30N4O4S2/c1-21(43)37(22(2)44)27-17-31(29-15-25(9-11-39-29)35-7-5-13-47-35)41-33(19-27)34-20-28(38(23(3)45)24(4)46)18-32(42-34)30-16-26(10-12-40-30)36-8-6-14-48-36/h5-20,43,45H,1-4H3/b37-21+,38-23+. The van der Waals surface area contributed by atoms with Crippen LogP contribution in [0.3, 0.4) is 0 Å². The summed E-state index contributed by atoms with van der Waals surface area (Å²) in [6, 6.07) is 22.5. The van der Waals surface area contributed by atoms with Gasteiger partial charge in [-0.3, -0.25) is 19.6 Å². The first-order valence-corrected chi connectivity index (χ1v) is 16.7. The molecular formula is C38H30N4O4S2. The fourth-order valence-electron chi connectivity index (χ4n) is 5.54. The molecular weight excluding hydrogens is 641 g/mol. The predicted octanol–water partition coefficient (Wildman–Crippen LogP) is 9.48. The molecule has 6 aromatic rings. The minimum Gasteiger partial charge on any atom is -0.512 e. The topological polar surface area (TPSA) is 126 Å². The van der Waals surface area contributed by atoms with Crippen LogP contribution in [0.1, 0.15) is 38.8 Å². The van der Waals surface area contributed by atoms with Crippen LogP contribution in [-0.4, -0.2) is 41.7 Å². The number of hydrogen-bond donors (Lipinski definition) is 2. The van der Waals surface area contributed by atoms with Crippen LogP contribution in [0.4, 0.5) is 0 Å².